The average Bonchev–Trinajstić information content (AvgIpc) is 2.64. The number of carbonyl (C=O) groups is 1. The Balaban J connectivity index is 1.55. The molecule has 3 rings (SSSR count). The van der Waals surface area contributed by atoms with Crippen molar-refractivity contribution in [1.82, 2.24) is 15.0 Å². The first kappa shape index (κ1) is 17.6. The summed E-state index contributed by atoms with van der Waals surface area (Å²) in [5.74, 6) is -0.0931. The molecule has 0 fully saturated rings. The summed E-state index contributed by atoms with van der Waals surface area (Å²) in [6.07, 6.45) is 0.810. The summed E-state index contributed by atoms with van der Waals surface area (Å²) in [5.41, 5.74) is 2.21. The topological polar surface area (TPSA) is 80.1 Å². The van der Waals surface area contributed by atoms with Gasteiger partial charge in [0, 0.05) is 38.4 Å². The number of aromatic nitrogens is 3. The maximum atomic E-state index is 12.3. The molecule has 26 heavy (non-hydrogen) atoms. The van der Waals surface area contributed by atoms with Gasteiger partial charge in [-0.25, -0.2) is 4.68 Å². The number of fused-ring (bicyclic) bond motifs is 1. The second-order valence-corrected chi connectivity index (χ2v) is 6.23. The predicted molar refractivity (Wildman–Crippen MR) is 102 cm³/mol. The molecule has 0 unspecified atom stereocenters. The van der Waals surface area contributed by atoms with Crippen LogP contribution in [0.25, 0.3) is 10.9 Å². The number of hydrogen-bond acceptors (Lipinski definition) is 5. The Bertz CT molecular complexity index is 964. The van der Waals surface area contributed by atoms with Crippen LogP contribution in [0.5, 0.6) is 0 Å². The molecule has 1 heterocycles. The second-order valence-electron chi connectivity index (χ2n) is 6.23. The van der Waals surface area contributed by atoms with E-state index in [0.717, 1.165) is 11.4 Å². The van der Waals surface area contributed by atoms with Gasteiger partial charge in [-0.3, -0.25) is 9.59 Å². The van der Waals surface area contributed by atoms with E-state index in [1.165, 1.54) is 4.68 Å². The van der Waals surface area contributed by atoms with Gasteiger partial charge in [0.25, 0.3) is 5.56 Å². The molecule has 0 aliphatic rings. The van der Waals surface area contributed by atoms with Crippen LogP contribution in [0.3, 0.4) is 0 Å². The molecule has 134 valence electrons. The van der Waals surface area contributed by atoms with Gasteiger partial charge in [0.05, 0.1) is 5.39 Å². The number of anilines is 2. The lowest BCUT2D eigenvalue weighted by molar-refractivity contribution is -0.116. The first-order valence-electron chi connectivity index (χ1n) is 8.44. The standard InChI is InChI=1S/C19H21N5O2/c1-23(2)15-11-9-14(10-12-15)20-18(25)8-5-13-24-19(26)16-6-3-4-7-17(16)21-22-24/h3-4,6-7,9-12H,5,8,13H2,1-2H3,(H,20,25). The van der Waals surface area contributed by atoms with Crippen LogP contribution in [0.1, 0.15) is 12.8 Å². The maximum Gasteiger partial charge on any atom is 0.277 e. The Morgan fingerprint density at radius 2 is 1.85 bits per heavy atom. The molecule has 0 radical (unpaired) electrons. The van der Waals surface area contributed by atoms with Gasteiger partial charge in [-0.2, -0.15) is 0 Å². The van der Waals surface area contributed by atoms with Gasteiger partial charge in [0.15, 0.2) is 0 Å². The minimum Gasteiger partial charge on any atom is -0.378 e. The molecule has 7 heteroatoms. The van der Waals surface area contributed by atoms with Gasteiger partial charge in [-0.15, -0.1) is 5.10 Å². The number of nitrogens with zero attached hydrogens (tertiary/aromatic N) is 4. The summed E-state index contributed by atoms with van der Waals surface area (Å²) in [7, 11) is 3.93. The second kappa shape index (κ2) is 7.77. The molecule has 1 amide bonds. The minimum absolute atomic E-state index is 0.0931. The Kier molecular flexibility index (Phi) is 5.26. The summed E-state index contributed by atoms with van der Waals surface area (Å²) in [5, 5.41) is 11.4. The Hall–Kier alpha value is -3.22. The third-order valence-electron chi connectivity index (χ3n) is 4.07. The zero-order valence-corrected chi connectivity index (χ0v) is 14.8. The van der Waals surface area contributed by atoms with E-state index in [0.29, 0.717) is 30.3 Å². The van der Waals surface area contributed by atoms with Crippen LogP contribution >= 0.6 is 0 Å². The number of amides is 1. The van der Waals surface area contributed by atoms with Crippen molar-refractivity contribution >= 4 is 28.2 Å². The van der Waals surface area contributed by atoms with Gasteiger partial charge in [-0.05, 0) is 42.8 Å². The molecular weight excluding hydrogens is 330 g/mol. The van der Waals surface area contributed by atoms with Crippen molar-refractivity contribution in [2.45, 2.75) is 19.4 Å². The Morgan fingerprint density at radius 1 is 1.12 bits per heavy atom. The molecule has 0 bridgehead atoms. The third kappa shape index (κ3) is 4.05. The van der Waals surface area contributed by atoms with Crippen molar-refractivity contribution in [3.63, 3.8) is 0 Å². The van der Waals surface area contributed by atoms with Crippen molar-refractivity contribution in [2.75, 3.05) is 24.3 Å². The highest BCUT2D eigenvalue weighted by Crippen LogP contribution is 2.16. The lowest BCUT2D eigenvalue weighted by Gasteiger charge is -2.13. The SMILES string of the molecule is CN(C)c1ccc(NC(=O)CCCn2nnc3ccccc3c2=O)cc1. The fraction of sp³-hybridized carbons (Fsp3) is 0.263. The van der Waals surface area contributed by atoms with Crippen molar-refractivity contribution < 1.29 is 4.79 Å². The molecule has 0 spiro atoms. The minimum atomic E-state index is -0.185. The fourth-order valence-corrected chi connectivity index (χ4v) is 2.63. The van der Waals surface area contributed by atoms with Crippen LogP contribution in [-0.4, -0.2) is 35.0 Å². The van der Waals surface area contributed by atoms with Crippen LogP contribution in [0.2, 0.25) is 0 Å². The normalized spacial score (nSPS) is 10.7. The summed E-state index contributed by atoms with van der Waals surface area (Å²) < 4.78 is 1.31. The van der Waals surface area contributed by atoms with Crippen molar-refractivity contribution in [3.8, 4) is 0 Å². The van der Waals surface area contributed by atoms with Crippen LogP contribution < -0.4 is 15.8 Å². The molecule has 0 saturated carbocycles. The van der Waals surface area contributed by atoms with Crippen LogP contribution in [0.15, 0.2) is 53.3 Å². The molecule has 3 aromatic rings. The molecule has 7 nitrogen and oxygen atoms in total. The molecular formula is C19H21N5O2. The van der Waals surface area contributed by atoms with E-state index in [9.17, 15) is 9.59 Å². The lowest BCUT2D eigenvalue weighted by atomic mass is 10.2. The van der Waals surface area contributed by atoms with Crippen LogP contribution in [-0.2, 0) is 11.3 Å². The lowest BCUT2D eigenvalue weighted by Crippen LogP contribution is -2.25. The first-order chi connectivity index (χ1) is 12.5. The number of aryl methyl sites for hydroxylation is 1. The number of rotatable bonds is 6. The van der Waals surface area contributed by atoms with Crippen molar-refractivity contribution in [2.24, 2.45) is 0 Å². The summed E-state index contributed by atoms with van der Waals surface area (Å²) >= 11 is 0. The fourth-order valence-electron chi connectivity index (χ4n) is 2.63. The largest absolute Gasteiger partial charge is 0.378 e. The highest BCUT2D eigenvalue weighted by molar-refractivity contribution is 5.90. The zero-order chi connectivity index (χ0) is 18.5. The number of carbonyl (C=O) groups excluding carboxylic acids is 1. The van der Waals surface area contributed by atoms with E-state index in [4.69, 9.17) is 0 Å². The van der Waals surface area contributed by atoms with E-state index in [2.05, 4.69) is 15.6 Å². The molecule has 0 aliphatic carbocycles. The highest BCUT2D eigenvalue weighted by atomic mass is 16.1. The Morgan fingerprint density at radius 3 is 2.58 bits per heavy atom. The average molecular weight is 351 g/mol. The van der Waals surface area contributed by atoms with Crippen molar-refractivity contribution in [1.29, 1.82) is 0 Å². The summed E-state index contributed by atoms with van der Waals surface area (Å²) in [6, 6.07) is 14.7. The zero-order valence-electron chi connectivity index (χ0n) is 14.8. The molecule has 0 atom stereocenters. The molecule has 1 aromatic heterocycles. The number of hydrogen-bond donors (Lipinski definition) is 1. The molecule has 2 aromatic carbocycles. The van der Waals surface area contributed by atoms with Gasteiger partial charge in [0.1, 0.15) is 5.52 Å². The highest BCUT2D eigenvalue weighted by Gasteiger charge is 2.07. The van der Waals surface area contributed by atoms with Gasteiger partial charge < -0.3 is 10.2 Å². The van der Waals surface area contributed by atoms with E-state index in [1.807, 2.05) is 49.3 Å². The summed E-state index contributed by atoms with van der Waals surface area (Å²) in [6.45, 7) is 0.351. The van der Waals surface area contributed by atoms with Gasteiger partial charge >= 0.3 is 0 Å². The molecule has 1 N–H and O–H groups in total. The third-order valence-corrected chi connectivity index (χ3v) is 4.07. The van der Waals surface area contributed by atoms with E-state index >= 15 is 0 Å². The maximum absolute atomic E-state index is 12.3. The van der Waals surface area contributed by atoms with Gasteiger partial charge in [-0.1, -0.05) is 17.3 Å². The monoisotopic (exact) mass is 351 g/mol. The number of nitrogens with one attached hydrogen (secondary N) is 1. The molecule has 0 aliphatic heterocycles. The van der Waals surface area contributed by atoms with Crippen molar-refractivity contribution in [3.05, 3.63) is 58.9 Å². The first-order valence-corrected chi connectivity index (χ1v) is 8.44. The smallest absolute Gasteiger partial charge is 0.277 e. The van der Waals surface area contributed by atoms with E-state index in [-0.39, 0.29) is 11.5 Å². The molecule has 0 saturated heterocycles. The number of benzene rings is 2. The Labute approximate surface area is 151 Å². The quantitative estimate of drug-likeness (QED) is 0.737. The summed E-state index contributed by atoms with van der Waals surface area (Å²) in [4.78, 5) is 26.4. The van der Waals surface area contributed by atoms with Gasteiger partial charge in [0.2, 0.25) is 5.91 Å². The predicted octanol–water partition coefficient (Wildman–Crippen LogP) is 2.28. The van der Waals surface area contributed by atoms with Crippen LogP contribution in [0.4, 0.5) is 11.4 Å². The van der Waals surface area contributed by atoms with Crippen LogP contribution in [0, 0.1) is 0 Å². The van der Waals surface area contributed by atoms with E-state index in [1.54, 1.807) is 18.2 Å². The van der Waals surface area contributed by atoms with E-state index < -0.39 is 0 Å².